The Morgan fingerprint density at radius 3 is 1.50 bits per heavy atom. The molecule has 0 spiro atoms. The van der Waals surface area contributed by atoms with Gasteiger partial charge in [0.15, 0.2) is 0 Å². The van der Waals surface area contributed by atoms with Crippen LogP contribution in [-0.4, -0.2) is 4.99 Å². The van der Waals surface area contributed by atoms with E-state index in [1.165, 1.54) is 0 Å². The fourth-order valence-electron chi connectivity index (χ4n) is 0. The molecule has 0 saturated heterocycles. The summed E-state index contributed by atoms with van der Waals surface area (Å²) in [5, 5.41) is 0. The first-order valence-corrected chi connectivity index (χ1v) is 2.40. The maximum absolute atomic E-state index is 4.84. The third-order valence-electron chi connectivity index (χ3n) is 0. The molecular weight excluding hydrogens is 94.1 g/mol. The normalized spacial score (nSPS) is 5.17. The van der Waals surface area contributed by atoms with Gasteiger partial charge in [-0.2, -0.15) is 0 Å². The minimum Gasteiger partial charge on any atom is -0.394 e. The molecule has 6 heavy (non-hydrogen) atoms. The summed E-state index contributed by atoms with van der Waals surface area (Å²) in [6.07, 6.45) is 0. The van der Waals surface area contributed by atoms with Gasteiger partial charge in [-0.25, -0.2) is 0 Å². The van der Waals surface area contributed by atoms with E-state index in [9.17, 15) is 0 Å². The van der Waals surface area contributed by atoms with E-state index in [1.54, 1.807) is 6.92 Å². The van der Waals surface area contributed by atoms with E-state index >= 15 is 0 Å². The Kier molecular flexibility index (Phi) is 13.7. The molecule has 0 aliphatic carbocycles. The molecule has 1 nitrogen and oxygen atoms in total. The van der Waals surface area contributed by atoms with Crippen molar-refractivity contribution in [3.63, 3.8) is 0 Å². The number of hydrogen-bond acceptors (Lipinski definition) is 1. The Morgan fingerprint density at radius 2 is 1.50 bits per heavy atom. The van der Waals surface area contributed by atoms with Crippen LogP contribution in [0.4, 0.5) is 0 Å². The molecule has 0 saturated carbocycles. The van der Waals surface area contributed by atoms with Gasteiger partial charge < -0.3 is 5.73 Å². The highest BCUT2D eigenvalue weighted by Crippen LogP contribution is 1.48. The van der Waals surface area contributed by atoms with E-state index in [2.05, 4.69) is 12.2 Å². The fraction of sp³-hybridized carbons (Fsp3) is 0.750. The summed E-state index contributed by atoms with van der Waals surface area (Å²) >= 11 is 4.31. The van der Waals surface area contributed by atoms with Crippen molar-refractivity contribution in [2.75, 3.05) is 0 Å². The Labute approximate surface area is 44.5 Å². The molecule has 0 amide bonds. The molecule has 0 heterocycles. The van der Waals surface area contributed by atoms with Gasteiger partial charge in [-0.15, -0.1) is 0 Å². The number of rotatable bonds is 0. The second-order valence-electron chi connectivity index (χ2n) is 0.611. The maximum Gasteiger partial charge on any atom is 0.0695 e. The van der Waals surface area contributed by atoms with Gasteiger partial charge in [0.25, 0.3) is 0 Å². The monoisotopic (exact) mass is 105 g/mol. The molecule has 0 bridgehead atoms. The lowest BCUT2D eigenvalue weighted by Gasteiger charge is -1.65. The first-order valence-electron chi connectivity index (χ1n) is 1.99. The summed E-state index contributed by atoms with van der Waals surface area (Å²) in [4.78, 5) is 0.500. The summed E-state index contributed by atoms with van der Waals surface area (Å²) in [6, 6.07) is 0. The van der Waals surface area contributed by atoms with E-state index in [4.69, 9.17) is 5.73 Å². The average Bonchev–Trinajstić information content (AvgIpc) is 1.41. The highest BCUT2D eigenvalue weighted by molar-refractivity contribution is 7.80. The molecule has 2 N–H and O–H groups in total. The van der Waals surface area contributed by atoms with Crippen molar-refractivity contribution in [3.8, 4) is 0 Å². The van der Waals surface area contributed by atoms with Crippen LogP contribution in [0.3, 0.4) is 0 Å². The zero-order valence-electron chi connectivity index (χ0n) is 4.49. The highest BCUT2D eigenvalue weighted by Gasteiger charge is 1.54. The van der Waals surface area contributed by atoms with Crippen LogP contribution < -0.4 is 5.73 Å². The topological polar surface area (TPSA) is 26.0 Å². The molecule has 0 aromatic rings. The highest BCUT2D eigenvalue weighted by atomic mass is 32.1. The molecule has 0 fully saturated rings. The molecule has 2 heteroatoms. The fourth-order valence-corrected chi connectivity index (χ4v) is 0. The Bertz CT molecular complexity index is 30.5. The van der Waals surface area contributed by atoms with Crippen molar-refractivity contribution in [1.29, 1.82) is 0 Å². The Morgan fingerprint density at radius 1 is 1.50 bits per heavy atom. The molecule has 0 radical (unpaired) electrons. The van der Waals surface area contributed by atoms with Crippen molar-refractivity contribution in [2.45, 2.75) is 20.8 Å². The van der Waals surface area contributed by atoms with Gasteiger partial charge in [0.05, 0.1) is 4.99 Å². The van der Waals surface area contributed by atoms with Crippen molar-refractivity contribution in [1.82, 2.24) is 0 Å². The summed E-state index contributed by atoms with van der Waals surface area (Å²) < 4.78 is 0. The minimum atomic E-state index is 0.500. The van der Waals surface area contributed by atoms with Gasteiger partial charge in [0, 0.05) is 0 Å². The molecule has 0 aromatic carbocycles. The molecular formula is C4H11NS. The summed E-state index contributed by atoms with van der Waals surface area (Å²) in [5.41, 5.74) is 4.84. The van der Waals surface area contributed by atoms with Crippen LogP contribution in [0.15, 0.2) is 0 Å². The molecule has 0 unspecified atom stereocenters. The van der Waals surface area contributed by atoms with Gasteiger partial charge in [0.2, 0.25) is 0 Å². The van der Waals surface area contributed by atoms with Crippen molar-refractivity contribution in [3.05, 3.63) is 0 Å². The van der Waals surface area contributed by atoms with Crippen molar-refractivity contribution >= 4 is 17.2 Å². The Hall–Kier alpha value is -0.110. The summed E-state index contributed by atoms with van der Waals surface area (Å²) in [7, 11) is 0. The standard InChI is InChI=1S/C2H5NS.C2H6/c1-2(3)4;1-2/h1H3,(H2,3,4);1-2H3. The van der Waals surface area contributed by atoms with E-state index in [1.807, 2.05) is 13.8 Å². The zero-order chi connectivity index (χ0) is 5.58. The van der Waals surface area contributed by atoms with E-state index < -0.39 is 0 Å². The number of thiocarbonyl (C=S) groups is 1. The smallest absolute Gasteiger partial charge is 0.0695 e. The van der Waals surface area contributed by atoms with Crippen LogP contribution >= 0.6 is 12.2 Å². The summed E-state index contributed by atoms with van der Waals surface area (Å²) in [6.45, 7) is 5.68. The van der Waals surface area contributed by atoms with Crippen molar-refractivity contribution in [2.24, 2.45) is 5.73 Å². The molecule has 0 aliphatic rings. The molecule has 0 aromatic heterocycles. The van der Waals surface area contributed by atoms with Crippen molar-refractivity contribution < 1.29 is 0 Å². The lowest BCUT2D eigenvalue weighted by Crippen LogP contribution is -1.98. The van der Waals surface area contributed by atoms with E-state index in [0.29, 0.717) is 4.99 Å². The van der Waals surface area contributed by atoms with Gasteiger partial charge in [-0.05, 0) is 6.92 Å². The minimum absolute atomic E-state index is 0.500. The average molecular weight is 105 g/mol. The van der Waals surface area contributed by atoms with Crippen LogP contribution in [0.1, 0.15) is 20.8 Å². The lowest BCUT2D eigenvalue weighted by molar-refractivity contribution is 1.50. The Balaban J connectivity index is 0. The van der Waals surface area contributed by atoms with Gasteiger partial charge in [-0.3, -0.25) is 0 Å². The van der Waals surface area contributed by atoms with Crippen LogP contribution in [0.2, 0.25) is 0 Å². The van der Waals surface area contributed by atoms with Crippen LogP contribution in [-0.2, 0) is 0 Å². The second-order valence-corrected chi connectivity index (χ2v) is 1.25. The zero-order valence-corrected chi connectivity index (χ0v) is 5.30. The molecule has 0 aliphatic heterocycles. The largest absolute Gasteiger partial charge is 0.394 e. The SMILES string of the molecule is CC.CC(N)=S. The maximum atomic E-state index is 4.84. The molecule has 0 rings (SSSR count). The van der Waals surface area contributed by atoms with Crippen LogP contribution in [0.25, 0.3) is 0 Å². The third-order valence-corrected chi connectivity index (χ3v) is 0. The molecule has 38 valence electrons. The predicted molar refractivity (Wildman–Crippen MR) is 33.8 cm³/mol. The van der Waals surface area contributed by atoms with Gasteiger partial charge >= 0.3 is 0 Å². The van der Waals surface area contributed by atoms with E-state index in [0.717, 1.165) is 0 Å². The quantitative estimate of drug-likeness (QED) is 0.470. The summed E-state index contributed by atoms with van der Waals surface area (Å²) in [5.74, 6) is 0. The second kappa shape index (κ2) is 8.86. The van der Waals surface area contributed by atoms with Gasteiger partial charge in [-0.1, -0.05) is 26.1 Å². The van der Waals surface area contributed by atoms with Crippen LogP contribution in [0, 0.1) is 0 Å². The number of hydrogen-bond donors (Lipinski definition) is 1. The first kappa shape index (κ1) is 9.31. The lowest BCUT2D eigenvalue weighted by atomic mass is 10.8. The first-order chi connectivity index (χ1) is 2.73. The van der Waals surface area contributed by atoms with Gasteiger partial charge in [0.1, 0.15) is 0 Å². The van der Waals surface area contributed by atoms with Crippen LogP contribution in [0.5, 0.6) is 0 Å². The third kappa shape index (κ3) is 2690. The molecule has 0 atom stereocenters. The number of nitrogens with two attached hydrogens (primary N) is 1. The van der Waals surface area contributed by atoms with E-state index in [-0.39, 0.29) is 0 Å². The predicted octanol–water partition coefficient (Wildman–Crippen LogP) is 1.32.